The van der Waals surface area contributed by atoms with Crippen molar-refractivity contribution in [2.75, 3.05) is 0 Å². The van der Waals surface area contributed by atoms with Crippen LogP contribution in [-0.2, 0) is 22.2 Å². The maximum absolute atomic E-state index is 11.2. The van der Waals surface area contributed by atoms with Crippen molar-refractivity contribution in [2.24, 2.45) is 5.14 Å². The number of hydrogen-bond donors (Lipinski definition) is 1. The molecular formula is C11H15NO3S. The zero-order valence-electron chi connectivity index (χ0n) is 9.36. The third-order valence-electron chi connectivity index (χ3n) is 2.35. The Balaban J connectivity index is 3.17. The molecule has 88 valence electrons. The number of hydrogen-bond acceptors (Lipinski definition) is 3. The summed E-state index contributed by atoms with van der Waals surface area (Å²) in [5.74, 6) is -0.217. The predicted octanol–water partition coefficient (Wildman–Crippen LogP) is 1.24. The molecule has 5 heteroatoms. The topological polar surface area (TPSA) is 77.2 Å². The van der Waals surface area contributed by atoms with Crippen molar-refractivity contribution in [3.8, 4) is 0 Å². The van der Waals surface area contributed by atoms with Crippen molar-refractivity contribution in [2.45, 2.75) is 26.0 Å². The van der Waals surface area contributed by atoms with E-state index in [0.29, 0.717) is 17.5 Å². The second-order valence-corrected chi connectivity index (χ2v) is 5.31. The Labute approximate surface area is 95.5 Å². The van der Waals surface area contributed by atoms with Crippen LogP contribution >= 0.6 is 0 Å². The van der Waals surface area contributed by atoms with E-state index in [1.807, 2.05) is 6.92 Å². The summed E-state index contributed by atoms with van der Waals surface area (Å²) in [6, 6.07) is 5.00. The monoisotopic (exact) mass is 241 g/mol. The molecule has 1 aromatic rings. The van der Waals surface area contributed by atoms with Crippen LogP contribution in [0.2, 0.25) is 0 Å². The minimum Gasteiger partial charge on any atom is -0.295 e. The van der Waals surface area contributed by atoms with E-state index in [4.69, 9.17) is 5.14 Å². The van der Waals surface area contributed by atoms with Gasteiger partial charge in [-0.15, -0.1) is 0 Å². The number of ketones is 1. The number of carbonyl (C=O) groups is 1. The summed E-state index contributed by atoms with van der Waals surface area (Å²) >= 11 is 0. The number of sulfonamides is 1. The maximum atomic E-state index is 11.2. The molecule has 0 atom stereocenters. The first kappa shape index (κ1) is 12.9. The van der Waals surface area contributed by atoms with Crippen molar-refractivity contribution < 1.29 is 13.2 Å². The number of rotatable bonds is 4. The fourth-order valence-electron chi connectivity index (χ4n) is 1.53. The molecule has 0 spiro atoms. The fraction of sp³-hybridized carbons (Fsp3) is 0.364. The molecule has 0 aliphatic rings. The summed E-state index contributed by atoms with van der Waals surface area (Å²) in [6.45, 7) is 3.39. The molecule has 0 aliphatic heterocycles. The van der Waals surface area contributed by atoms with Crippen molar-refractivity contribution in [3.63, 3.8) is 0 Å². The quantitative estimate of drug-likeness (QED) is 0.806. The van der Waals surface area contributed by atoms with Gasteiger partial charge in [0.25, 0.3) is 0 Å². The summed E-state index contributed by atoms with van der Waals surface area (Å²) in [6.07, 6.45) is 0.673. The molecule has 0 saturated heterocycles. The molecule has 1 rings (SSSR count). The van der Waals surface area contributed by atoms with Crippen LogP contribution in [0, 0.1) is 0 Å². The molecule has 0 aromatic heterocycles. The molecule has 0 aliphatic carbocycles. The third-order valence-corrected chi connectivity index (χ3v) is 3.06. The standard InChI is InChI=1S/C11H15NO3S/c1-3-9-6-10(8(2)13)4-5-11(9)7-16(12,14)15/h4-6H,3,7H2,1-2H3,(H2,12,14,15). The second-order valence-electron chi connectivity index (χ2n) is 3.70. The van der Waals surface area contributed by atoms with E-state index in [2.05, 4.69) is 0 Å². The van der Waals surface area contributed by atoms with Crippen molar-refractivity contribution in [1.82, 2.24) is 0 Å². The lowest BCUT2D eigenvalue weighted by atomic mass is 10.0. The first-order valence-corrected chi connectivity index (χ1v) is 6.68. The van der Waals surface area contributed by atoms with Crippen LogP contribution in [0.3, 0.4) is 0 Å². The molecule has 0 bridgehead atoms. The van der Waals surface area contributed by atoms with Gasteiger partial charge in [0, 0.05) is 5.56 Å². The molecule has 0 unspecified atom stereocenters. The van der Waals surface area contributed by atoms with Gasteiger partial charge in [-0.05, 0) is 30.5 Å². The van der Waals surface area contributed by atoms with Crippen LogP contribution < -0.4 is 5.14 Å². The highest BCUT2D eigenvalue weighted by Gasteiger charge is 2.10. The molecule has 0 amide bonds. The van der Waals surface area contributed by atoms with Gasteiger partial charge < -0.3 is 0 Å². The largest absolute Gasteiger partial charge is 0.295 e. The average Bonchev–Trinajstić information content (AvgIpc) is 2.15. The lowest BCUT2D eigenvalue weighted by Gasteiger charge is -2.08. The van der Waals surface area contributed by atoms with Crippen LogP contribution in [0.5, 0.6) is 0 Å². The summed E-state index contributed by atoms with van der Waals surface area (Å²) in [5, 5.41) is 4.99. The van der Waals surface area contributed by atoms with Crippen LogP contribution in [-0.4, -0.2) is 14.2 Å². The first-order valence-electron chi connectivity index (χ1n) is 4.96. The summed E-state index contributed by atoms with van der Waals surface area (Å²) in [7, 11) is -3.53. The van der Waals surface area contributed by atoms with Crippen LogP contribution in [0.4, 0.5) is 0 Å². The number of Topliss-reactive ketones (excluding diaryl/α,β-unsaturated/α-hetero) is 1. The van der Waals surface area contributed by atoms with Crippen molar-refractivity contribution in [3.05, 3.63) is 34.9 Å². The molecule has 1 aromatic carbocycles. The van der Waals surface area contributed by atoms with E-state index in [1.165, 1.54) is 6.92 Å². The van der Waals surface area contributed by atoms with Gasteiger partial charge in [0.2, 0.25) is 10.0 Å². The van der Waals surface area contributed by atoms with E-state index < -0.39 is 10.0 Å². The summed E-state index contributed by atoms with van der Waals surface area (Å²) in [4.78, 5) is 11.2. The fourth-order valence-corrected chi connectivity index (χ4v) is 2.25. The molecule has 16 heavy (non-hydrogen) atoms. The van der Waals surface area contributed by atoms with Gasteiger partial charge in [-0.2, -0.15) is 0 Å². The third kappa shape index (κ3) is 3.43. The van der Waals surface area contributed by atoms with Crippen LogP contribution in [0.1, 0.15) is 35.3 Å². The zero-order chi connectivity index (χ0) is 12.3. The lowest BCUT2D eigenvalue weighted by molar-refractivity contribution is 0.101. The highest BCUT2D eigenvalue weighted by Crippen LogP contribution is 2.15. The maximum Gasteiger partial charge on any atom is 0.213 e. The van der Waals surface area contributed by atoms with E-state index >= 15 is 0 Å². The SMILES string of the molecule is CCc1cc(C(C)=O)ccc1CS(N)(=O)=O. The normalized spacial score (nSPS) is 11.4. The van der Waals surface area contributed by atoms with Crippen LogP contribution in [0.15, 0.2) is 18.2 Å². The Hall–Kier alpha value is -1.20. The Bertz CT molecular complexity index is 506. The van der Waals surface area contributed by atoms with Crippen molar-refractivity contribution >= 4 is 15.8 Å². The Morgan fingerprint density at radius 3 is 2.38 bits per heavy atom. The zero-order valence-corrected chi connectivity index (χ0v) is 10.2. The summed E-state index contributed by atoms with van der Waals surface area (Å²) in [5.41, 5.74) is 2.10. The Kier molecular flexibility index (Phi) is 3.83. The van der Waals surface area contributed by atoms with Gasteiger partial charge in [-0.3, -0.25) is 4.79 Å². The molecule has 0 radical (unpaired) electrons. The van der Waals surface area contributed by atoms with Gasteiger partial charge in [0.05, 0.1) is 5.75 Å². The average molecular weight is 241 g/mol. The minimum absolute atomic E-state index is 0.0307. The molecule has 0 saturated carbocycles. The second kappa shape index (κ2) is 4.76. The Morgan fingerprint density at radius 1 is 1.31 bits per heavy atom. The lowest BCUT2D eigenvalue weighted by Crippen LogP contribution is -2.15. The number of aryl methyl sites for hydroxylation is 1. The number of benzene rings is 1. The van der Waals surface area contributed by atoms with Gasteiger partial charge in [0.15, 0.2) is 5.78 Å². The molecule has 0 fully saturated rings. The number of carbonyl (C=O) groups excluding carboxylic acids is 1. The van der Waals surface area contributed by atoms with Gasteiger partial charge in [-0.1, -0.05) is 19.1 Å². The highest BCUT2D eigenvalue weighted by atomic mass is 32.2. The van der Waals surface area contributed by atoms with Gasteiger partial charge in [0.1, 0.15) is 0 Å². The molecule has 4 nitrogen and oxygen atoms in total. The number of nitrogens with two attached hydrogens (primary N) is 1. The Morgan fingerprint density at radius 2 is 1.94 bits per heavy atom. The molecule has 2 N–H and O–H groups in total. The minimum atomic E-state index is -3.53. The summed E-state index contributed by atoms with van der Waals surface area (Å²) < 4.78 is 22.0. The van der Waals surface area contributed by atoms with Gasteiger partial charge >= 0.3 is 0 Å². The molecular weight excluding hydrogens is 226 g/mol. The first-order chi connectivity index (χ1) is 7.33. The number of primary sulfonamides is 1. The smallest absolute Gasteiger partial charge is 0.213 e. The van der Waals surface area contributed by atoms with Gasteiger partial charge in [-0.25, -0.2) is 13.6 Å². The molecule has 0 heterocycles. The van der Waals surface area contributed by atoms with Crippen LogP contribution in [0.25, 0.3) is 0 Å². The van der Waals surface area contributed by atoms with Crippen molar-refractivity contribution in [1.29, 1.82) is 0 Å². The van der Waals surface area contributed by atoms with E-state index in [-0.39, 0.29) is 11.5 Å². The van der Waals surface area contributed by atoms with E-state index in [0.717, 1.165) is 5.56 Å². The highest BCUT2D eigenvalue weighted by molar-refractivity contribution is 7.88. The van der Waals surface area contributed by atoms with E-state index in [1.54, 1.807) is 18.2 Å². The predicted molar refractivity (Wildman–Crippen MR) is 62.6 cm³/mol. The van der Waals surface area contributed by atoms with E-state index in [9.17, 15) is 13.2 Å².